The second-order valence-electron chi connectivity index (χ2n) is 7.84. The van der Waals surface area contributed by atoms with Crippen LogP contribution in [-0.4, -0.2) is 56.5 Å². The Hall–Kier alpha value is -3.11. The van der Waals surface area contributed by atoms with Gasteiger partial charge in [-0.05, 0) is 43.2 Å². The van der Waals surface area contributed by atoms with Crippen molar-refractivity contribution in [2.45, 2.75) is 25.3 Å². The number of oxazole rings is 1. The second kappa shape index (κ2) is 8.44. The Morgan fingerprint density at radius 1 is 1.06 bits per heavy atom. The first-order chi connectivity index (χ1) is 15.2. The largest absolute Gasteiger partial charge is 0.468 e. The zero-order chi connectivity index (χ0) is 23.0. The van der Waals surface area contributed by atoms with Crippen molar-refractivity contribution in [3.05, 3.63) is 58.1 Å². The van der Waals surface area contributed by atoms with Gasteiger partial charge in [0.1, 0.15) is 6.54 Å². The SMILES string of the molecule is COC(=O)Cn1c(=O)oc2cc(S(=O)(=O)N3CCN(c4cc(C)ccc4C)CC3)ccc21. The van der Waals surface area contributed by atoms with Gasteiger partial charge in [-0.3, -0.25) is 9.36 Å². The van der Waals surface area contributed by atoms with E-state index in [0.29, 0.717) is 31.7 Å². The van der Waals surface area contributed by atoms with E-state index in [-0.39, 0.29) is 17.0 Å². The summed E-state index contributed by atoms with van der Waals surface area (Å²) in [6.45, 7) is 5.63. The highest BCUT2D eigenvalue weighted by atomic mass is 32.2. The average Bonchev–Trinajstić information content (AvgIpc) is 3.09. The zero-order valence-electron chi connectivity index (χ0n) is 18.2. The number of aromatic nitrogens is 1. The van der Waals surface area contributed by atoms with E-state index in [9.17, 15) is 18.0 Å². The van der Waals surface area contributed by atoms with E-state index in [1.165, 1.54) is 29.6 Å². The van der Waals surface area contributed by atoms with Crippen molar-refractivity contribution >= 4 is 32.8 Å². The van der Waals surface area contributed by atoms with Crippen molar-refractivity contribution in [2.75, 3.05) is 38.2 Å². The van der Waals surface area contributed by atoms with Crippen LogP contribution in [0.3, 0.4) is 0 Å². The molecule has 3 aromatic rings. The van der Waals surface area contributed by atoms with Gasteiger partial charge in [0.05, 0.1) is 17.5 Å². The van der Waals surface area contributed by atoms with Gasteiger partial charge in [0.25, 0.3) is 0 Å². The lowest BCUT2D eigenvalue weighted by Gasteiger charge is -2.36. The molecule has 1 aliphatic rings. The standard InChI is InChI=1S/C22H25N3O6S/c1-15-4-5-16(2)19(12-15)23-8-10-24(11-9-23)32(28,29)17-6-7-18-20(13-17)31-22(27)25(18)14-21(26)30-3/h4-7,12-13H,8-11,14H2,1-3H3. The van der Waals surface area contributed by atoms with E-state index in [2.05, 4.69) is 27.8 Å². The van der Waals surface area contributed by atoms with Gasteiger partial charge >= 0.3 is 11.7 Å². The number of esters is 1. The lowest BCUT2D eigenvalue weighted by molar-refractivity contribution is -0.141. The molecule has 0 N–H and O–H groups in total. The van der Waals surface area contributed by atoms with Crippen LogP contribution in [0.4, 0.5) is 5.69 Å². The number of rotatable bonds is 5. The summed E-state index contributed by atoms with van der Waals surface area (Å²) in [6.07, 6.45) is 0. The minimum absolute atomic E-state index is 0.0455. The number of carbonyl (C=O) groups excluding carboxylic acids is 1. The van der Waals surface area contributed by atoms with Crippen molar-refractivity contribution in [1.29, 1.82) is 0 Å². The molecule has 1 saturated heterocycles. The fourth-order valence-electron chi connectivity index (χ4n) is 3.93. The average molecular weight is 460 g/mol. The minimum atomic E-state index is -3.76. The molecule has 0 unspecified atom stereocenters. The van der Waals surface area contributed by atoms with Crippen LogP contribution in [0.15, 0.2) is 50.5 Å². The quantitative estimate of drug-likeness (QED) is 0.537. The molecular weight excluding hydrogens is 434 g/mol. The first-order valence-electron chi connectivity index (χ1n) is 10.2. The fourth-order valence-corrected chi connectivity index (χ4v) is 5.37. The molecule has 1 aromatic heterocycles. The number of piperazine rings is 1. The van der Waals surface area contributed by atoms with E-state index >= 15 is 0 Å². The third kappa shape index (κ3) is 4.03. The minimum Gasteiger partial charge on any atom is -0.468 e. The zero-order valence-corrected chi connectivity index (χ0v) is 19.0. The normalized spacial score (nSPS) is 15.3. The Morgan fingerprint density at radius 2 is 1.78 bits per heavy atom. The van der Waals surface area contributed by atoms with Crippen molar-refractivity contribution in [2.24, 2.45) is 0 Å². The lowest BCUT2D eigenvalue weighted by Crippen LogP contribution is -2.48. The van der Waals surface area contributed by atoms with Crippen molar-refractivity contribution in [3.63, 3.8) is 0 Å². The predicted molar refractivity (Wildman–Crippen MR) is 119 cm³/mol. The van der Waals surface area contributed by atoms with Crippen LogP contribution in [0, 0.1) is 13.8 Å². The molecule has 0 spiro atoms. The topological polar surface area (TPSA) is 102 Å². The molecule has 2 aromatic carbocycles. The van der Waals surface area contributed by atoms with Gasteiger partial charge in [-0.1, -0.05) is 12.1 Å². The van der Waals surface area contributed by atoms with Gasteiger partial charge in [0.2, 0.25) is 10.0 Å². The molecular formula is C22H25N3O6S. The summed E-state index contributed by atoms with van der Waals surface area (Å²) in [5, 5.41) is 0. The van der Waals surface area contributed by atoms with E-state index in [1.807, 2.05) is 13.8 Å². The second-order valence-corrected chi connectivity index (χ2v) is 9.78. The molecule has 10 heteroatoms. The maximum absolute atomic E-state index is 13.2. The molecule has 0 radical (unpaired) electrons. The van der Waals surface area contributed by atoms with E-state index < -0.39 is 21.7 Å². The van der Waals surface area contributed by atoms with E-state index in [0.717, 1.165) is 21.4 Å². The number of hydrogen-bond donors (Lipinski definition) is 0. The number of nitrogens with zero attached hydrogens (tertiary/aromatic N) is 3. The molecule has 0 amide bonds. The van der Waals surface area contributed by atoms with E-state index in [4.69, 9.17) is 4.42 Å². The first-order valence-corrected chi connectivity index (χ1v) is 11.7. The summed E-state index contributed by atoms with van der Waals surface area (Å²) in [4.78, 5) is 25.9. The Bertz CT molecular complexity index is 1330. The van der Waals surface area contributed by atoms with Gasteiger partial charge in [-0.25, -0.2) is 13.2 Å². The third-order valence-corrected chi connectivity index (χ3v) is 7.63. The van der Waals surface area contributed by atoms with Gasteiger partial charge in [-0.2, -0.15) is 4.31 Å². The summed E-state index contributed by atoms with van der Waals surface area (Å²) < 4.78 is 38.8. The lowest BCUT2D eigenvalue weighted by atomic mass is 10.1. The van der Waals surface area contributed by atoms with Gasteiger partial charge < -0.3 is 14.1 Å². The maximum Gasteiger partial charge on any atom is 0.420 e. The molecule has 0 bridgehead atoms. The van der Waals surface area contributed by atoms with Crippen LogP contribution >= 0.6 is 0 Å². The van der Waals surface area contributed by atoms with Gasteiger partial charge in [0, 0.05) is 37.9 Å². The summed E-state index contributed by atoms with van der Waals surface area (Å²) in [5.41, 5.74) is 3.88. The number of anilines is 1. The van der Waals surface area contributed by atoms with E-state index in [1.54, 1.807) is 0 Å². The highest BCUT2D eigenvalue weighted by molar-refractivity contribution is 7.89. The number of sulfonamides is 1. The number of ether oxygens (including phenoxy) is 1. The molecule has 32 heavy (non-hydrogen) atoms. The Balaban J connectivity index is 1.55. The summed E-state index contributed by atoms with van der Waals surface area (Å²) in [6, 6.07) is 10.5. The highest BCUT2D eigenvalue weighted by Gasteiger charge is 2.30. The summed E-state index contributed by atoms with van der Waals surface area (Å²) in [7, 11) is -2.54. The van der Waals surface area contributed by atoms with Gasteiger partial charge in [0.15, 0.2) is 5.58 Å². The molecule has 0 saturated carbocycles. The number of carbonyl (C=O) groups is 1. The number of hydrogen-bond acceptors (Lipinski definition) is 7. The molecule has 4 rings (SSSR count). The number of fused-ring (bicyclic) bond motifs is 1. The Labute approximate surface area is 185 Å². The van der Waals surface area contributed by atoms with Crippen LogP contribution < -0.4 is 10.7 Å². The van der Waals surface area contributed by atoms with Crippen LogP contribution in [-0.2, 0) is 26.1 Å². The third-order valence-electron chi connectivity index (χ3n) is 5.74. The smallest absolute Gasteiger partial charge is 0.420 e. The molecule has 1 aliphatic heterocycles. The molecule has 2 heterocycles. The van der Waals surface area contributed by atoms with Crippen LogP contribution in [0.5, 0.6) is 0 Å². The first kappa shape index (κ1) is 22.1. The van der Waals surface area contributed by atoms with Crippen molar-refractivity contribution in [3.8, 4) is 0 Å². The van der Waals surface area contributed by atoms with Crippen molar-refractivity contribution < 1.29 is 22.4 Å². The molecule has 0 aliphatic carbocycles. The molecule has 0 atom stereocenters. The molecule has 170 valence electrons. The van der Waals surface area contributed by atoms with Crippen LogP contribution in [0.1, 0.15) is 11.1 Å². The summed E-state index contributed by atoms with van der Waals surface area (Å²) >= 11 is 0. The Kier molecular flexibility index (Phi) is 5.83. The van der Waals surface area contributed by atoms with Gasteiger partial charge in [-0.15, -0.1) is 0 Å². The predicted octanol–water partition coefficient (Wildman–Crippen LogP) is 1.90. The highest BCUT2D eigenvalue weighted by Crippen LogP contribution is 2.26. The maximum atomic E-state index is 13.2. The van der Waals surface area contributed by atoms with Crippen LogP contribution in [0.2, 0.25) is 0 Å². The molecule has 9 nitrogen and oxygen atoms in total. The fraction of sp³-hybridized carbons (Fsp3) is 0.364. The number of benzene rings is 2. The van der Waals surface area contributed by atoms with Crippen LogP contribution in [0.25, 0.3) is 11.1 Å². The summed E-state index contributed by atoms with van der Waals surface area (Å²) in [5.74, 6) is -1.35. The number of methoxy groups -OCH3 is 1. The molecule has 1 fully saturated rings. The van der Waals surface area contributed by atoms with Crippen molar-refractivity contribution in [1.82, 2.24) is 8.87 Å². The Morgan fingerprint density at radius 3 is 2.47 bits per heavy atom. The monoisotopic (exact) mass is 459 g/mol. The number of aryl methyl sites for hydroxylation is 2.